The van der Waals surface area contributed by atoms with Crippen LogP contribution in [0.5, 0.6) is 0 Å². The first kappa shape index (κ1) is 23.2. The zero-order chi connectivity index (χ0) is 22.6. The molecule has 3 aromatic rings. The number of carbonyl (C=O) groups is 1. The van der Waals surface area contributed by atoms with Crippen molar-refractivity contribution in [1.82, 2.24) is 0 Å². The van der Waals surface area contributed by atoms with Crippen LogP contribution in [0.2, 0.25) is 5.02 Å². The molecule has 0 saturated heterocycles. The fraction of sp³-hybridized carbons (Fsp3) is 0.174. The summed E-state index contributed by atoms with van der Waals surface area (Å²) in [7, 11) is -3.99. The van der Waals surface area contributed by atoms with Crippen LogP contribution >= 0.6 is 23.4 Å². The summed E-state index contributed by atoms with van der Waals surface area (Å²) < 4.78 is 28.1. The number of sulfonamides is 1. The summed E-state index contributed by atoms with van der Waals surface area (Å²) in [4.78, 5) is 13.9. The molecule has 162 valence electrons. The Morgan fingerprint density at radius 1 is 1.03 bits per heavy atom. The van der Waals surface area contributed by atoms with E-state index in [0.29, 0.717) is 22.0 Å². The van der Waals surface area contributed by atoms with Crippen LogP contribution in [0, 0.1) is 13.8 Å². The summed E-state index contributed by atoms with van der Waals surface area (Å²) in [5.74, 6) is -0.438. The van der Waals surface area contributed by atoms with Crippen molar-refractivity contribution in [2.75, 3.05) is 22.4 Å². The van der Waals surface area contributed by atoms with Gasteiger partial charge in [-0.1, -0.05) is 41.4 Å². The van der Waals surface area contributed by atoms with Crippen LogP contribution in [-0.2, 0) is 14.8 Å². The number of para-hydroxylation sites is 1. The minimum absolute atomic E-state index is 0.116. The van der Waals surface area contributed by atoms with E-state index < -0.39 is 15.9 Å². The highest BCUT2D eigenvalue weighted by Crippen LogP contribution is 2.30. The molecule has 31 heavy (non-hydrogen) atoms. The van der Waals surface area contributed by atoms with Crippen molar-refractivity contribution in [3.8, 4) is 0 Å². The maximum absolute atomic E-state index is 13.5. The van der Waals surface area contributed by atoms with Gasteiger partial charge in [0.05, 0.1) is 16.3 Å². The molecule has 3 rings (SSSR count). The molecule has 0 atom stereocenters. The first-order valence-electron chi connectivity index (χ1n) is 9.51. The zero-order valence-electron chi connectivity index (χ0n) is 17.4. The van der Waals surface area contributed by atoms with Crippen molar-refractivity contribution in [1.29, 1.82) is 0 Å². The van der Waals surface area contributed by atoms with E-state index in [4.69, 9.17) is 11.6 Å². The SMILES string of the molecule is CSc1ccccc1NC(=O)CN(c1ccc(Cl)cc1C)S(=O)(=O)c1ccc(C)cc1. The number of aryl methyl sites for hydroxylation is 2. The van der Waals surface area contributed by atoms with Gasteiger partial charge in [0.2, 0.25) is 5.91 Å². The molecule has 0 aliphatic carbocycles. The highest BCUT2D eigenvalue weighted by molar-refractivity contribution is 7.98. The van der Waals surface area contributed by atoms with Gasteiger partial charge in [0.1, 0.15) is 6.54 Å². The summed E-state index contributed by atoms with van der Waals surface area (Å²) in [5.41, 5.74) is 2.64. The van der Waals surface area contributed by atoms with Crippen LogP contribution in [0.4, 0.5) is 11.4 Å². The summed E-state index contributed by atoms with van der Waals surface area (Å²) in [6.45, 7) is 3.27. The van der Waals surface area contributed by atoms with Gasteiger partial charge >= 0.3 is 0 Å². The number of carbonyl (C=O) groups excluding carboxylic acids is 1. The topological polar surface area (TPSA) is 66.5 Å². The van der Waals surface area contributed by atoms with Crippen LogP contribution < -0.4 is 9.62 Å². The smallest absolute Gasteiger partial charge is 0.264 e. The standard InChI is InChI=1S/C23H23ClN2O3S2/c1-16-8-11-19(12-9-16)31(28,29)26(21-13-10-18(24)14-17(21)2)15-23(27)25-20-6-4-5-7-22(20)30-3/h4-14H,15H2,1-3H3,(H,25,27). The third-order valence-electron chi connectivity index (χ3n) is 4.70. The number of thioether (sulfide) groups is 1. The first-order valence-corrected chi connectivity index (χ1v) is 12.5. The number of amides is 1. The van der Waals surface area contributed by atoms with Crippen LogP contribution in [0.15, 0.2) is 76.5 Å². The van der Waals surface area contributed by atoms with Crippen molar-refractivity contribution in [2.45, 2.75) is 23.6 Å². The number of hydrogen-bond donors (Lipinski definition) is 1. The van der Waals surface area contributed by atoms with Crippen LogP contribution in [-0.4, -0.2) is 27.1 Å². The molecule has 0 spiro atoms. The Morgan fingerprint density at radius 2 is 1.71 bits per heavy atom. The highest BCUT2D eigenvalue weighted by Gasteiger charge is 2.28. The molecule has 0 aliphatic rings. The zero-order valence-corrected chi connectivity index (χ0v) is 19.8. The summed E-state index contributed by atoms with van der Waals surface area (Å²) >= 11 is 7.57. The molecule has 0 bridgehead atoms. The second-order valence-electron chi connectivity index (χ2n) is 7.00. The predicted molar refractivity (Wildman–Crippen MR) is 129 cm³/mol. The molecule has 1 amide bonds. The lowest BCUT2D eigenvalue weighted by molar-refractivity contribution is -0.114. The van der Waals surface area contributed by atoms with Gasteiger partial charge in [-0.05, 0) is 68.1 Å². The Hall–Kier alpha value is -2.48. The highest BCUT2D eigenvalue weighted by atomic mass is 35.5. The monoisotopic (exact) mass is 474 g/mol. The average molecular weight is 475 g/mol. The number of halogens is 1. The fourth-order valence-corrected chi connectivity index (χ4v) is 5.37. The number of rotatable bonds is 7. The number of anilines is 2. The van der Waals surface area contributed by atoms with Crippen molar-refractivity contribution in [3.63, 3.8) is 0 Å². The van der Waals surface area contributed by atoms with E-state index in [-0.39, 0.29) is 11.4 Å². The van der Waals surface area contributed by atoms with Gasteiger partial charge < -0.3 is 5.32 Å². The van der Waals surface area contributed by atoms with Gasteiger partial charge in [-0.25, -0.2) is 8.42 Å². The Morgan fingerprint density at radius 3 is 2.35 bits per heavy atom. The summed E-state index contributed by atoms with van der Waals surface area (Å²) in [6, 6.07) is 18.8. The molecule has 0 saturated carbocycles. The maximum Gasteiger partial charge on any atom is 0.264 e. The van der Waals surface area contributed by atoms with Crippen molar-refractivity contribution in [3.05, 3.63) is 82.9 Å². The van der Waals surface area contributed by atoms with E-state index >= 15 is 0 Å². The van der Waals surface area contributed by atoms with Crippen molar-refractivity contribution in [2.24, 2.45) is 0 Å². The van der Waals surface area contributed by atoms with E-state index in [0.717, 1.165) is 14.8 Å². The molecule has 0 radical (unpaired) electrons. The molecule has 3 aromatic carbocycles. The van der Waals surface area contributed by atoms with Gasteiger partial charge in [-0.15, -0.1) is 11.8 Å². The number of nitrogens with one attached hydrogen (secondary N) is 1. The van der Waals surface area contributed by atoms with E-state index in [1.54, 1.807) is 55.5 Å². The molecule has 0 unspecified atom stereocenters. The maximum atomic E-state index is 13.5. The van der Waals surface area contributed by atoms with Crippen molar-refractivity contribution >= 4 is 50.7 Å². The molecule has 0 heterocycles. The minimum atomic E-state index is -3.99. The number of nitrogens with zero attached hydrogens (tertiary/aromatic N) is 1. The van der Waals surface area contributed by atoms with Gasteiger partial charge in [0.15, 0.2) is 0 Å². The Balaban J connectivity index is 2.00. The quantitative estimate of drug-likeness (QED) is 0.458. The lowest BCUT2D eigenvalue weighted by atomic mass is 10.2. The molecule has 8 heteroatoms. The van der Waals surface area contributed by atoms with E-state index in [1.807, 2.05) is 31.4 Å². The second kappa shape index (κ2) is 9.77. The molecule has 5 nitrogen and oxygen atoms in total. The third-order valence-corrected chi connectivity index (χ3v) is 7.51. The molecule has 0 aromatic heterocycles. The van der Waals surface area contributed by atoms with E-state index in [9.17, 15) is 13.2 Å². The fourth-order valence-electron chi connectivity index (χ4n) is 3.10. The second-order valence-corrected chi connectivity index (χ2v) is 10.2. The molecular weight excluding hydrogens is 452 g/mol. The van der Waals surface area contributed by atoms with Gasteiger partial charge in [0, 0.05) is 9.92 Å². The van der Waals surface area contributed by atoms with Crippen LogP contribution in [0.25, 0.3) is 0 Å². The first-order chi connectivity index (χ1) is 14.7. The van der Waals surface area contributed by atoms with Gasteiger partial charge in [0.25, 0.3) is 10.0 Å². The van der Waals surface area contributed by atoms with Crippen LogP contribution in [0.3, 0.4) is 0 Å². The van der Waals surface area contributed by atoms with Crippen molar-refractivity contribution < 1.29 is 13.2 Å². The number of benzene rings is 3. The van der Waals surface area contributed by atoms with E-state index in [1.165, 1.54) is 11.8 Å². The predicted octanol–water partition coefficient (Wildman–Crippen LogP) is 5.51. The normalized spacial score (nSPS) is 11.2. The third kappa shape index (κ3) is 5.42. The molecule has 1 N–H and O–H groups in total. The average Bonchev–Trinajstić information content (AvgIpc) is 2.73. The van der Waals surface area contributed by atoms with E-state index in [2.05, 4.69) is 5.32 Å². The number of hydrogen-bond acceptors (Lipinski definition) is 4. The Bertz CT molecular complexity index is 1200. The lowest BCUT2D eigenvalue weighted by Crippen LogP contribution is -2.38. The lowest BCUT2D eigenvalue weighted by Gasteiger charge is -2.26. The summed E-state index contributed by atoms with van der Waals surface area (Å²) in [6.07, 6.45) is 1.91. The summed E-state index contributed by atoms with van der Waals surface area (Å²) in [5, 5.41) is 3.33. The Kier molecular flexibility index (Phi) is 7.30. The molecule has 0 fully saturated rings. The molecular formula is C23H23ClN2O3S2. The van der Waals surface area contributed by atoms with Crippen LogP contribution in [0.1, 0.15) is 11.1 Å². The van der Waals surface area contributed by atoms with Gasteiger partial charge in [-0.3, -0.25) is 9.10 Å². The molecule has 0 aliphatic heterocycles. The van der Waals surface area contributed by atoms with Gasteiger partial charge in [-0.2, -0.15) is 0 Å². The largest absolute Gasteiger partial charge is 0.323 e. The minimum Gasteiger partial charge on any atom is -0.323 e. The Labute approximate surface area is 192 Å².